The first-order chi connectivity index (χ1) is 18.5. The number of halogens is 1. The van der Waals surface area contributed by atoms with Crippen molar-refractivity contribution in [3.63, 3.8) is 0 Å². The largest absolute Gasteiger partial charge is 0.484 e. The minimum absolute atomic E-state index is 0.0159. The number of nitrogens with one attached hydrogen (secondary N) is 1. The number of anilines is 2. The van der Waals surface area contributed by atoms with Gasteiger partial charge in [-0.2, -0.15) is 5.26 Å². The van der Waals surface area contributed by atoms with Crippen molar-refractivity contribution in [2.24, 2.45) is 0 Å². The van der Waals surface area contributed by atoms with Crippen molar-refractivity contribution in [2.45, 2.75) is 31.0 Å². The van der Waals surface area contributed by atoms with Crippen LogP contribution in [0.5, 0.6) is 5.75 Å². The predicted octanol–water partition coefficient (Wildman–Crippen LogP) is 4.22. The fourth-order valence-corrected chi connectivity index (χ4v) is 5.31. The molecule has 0 bridgehead atoms. The number of ether oxygens (including phenoxy) is 3. The topological polar surface area (TPSA) is 106 Å². The van der Waals surface area contributed by atoms with Crippen LogP contribution in [0.15, 0.2) is 77.6 Å². The monoisotopic (exact) mass is 529 g/mol. The molecule has 8 nitrogen and oxygen atoms in total. The van der Waals surface area contributed by atoms with Gasteiger partial charge in [0.25, 0.3) is 5.56 Å². The lowest BCUT2D eigenvalue weighted by molar-refractivity contribution is 0.00865. The van der Waals surface area contributed by atoms with E-state index in [2.05, 4.69) is 11.4 Å². The number of fused-ring (bicyclic) bond motifs is 2. The Hall–Kier alpha value is -3.87. The molecule has 4 atom stereocenters. The third-order valence-corrected chi connectivity index (χ3v) is 7.23. The van der Waals surface area contributed by atoms with Crippen LogP contribution in [0.2, 0.25) is 5.02 Å². The van der Waals surface area contributed by atoms with Crippen molar-refractivity contribution < 1.29 is 19.3 Å². The SMILES string of the molecule is N#Cc1c(Nc2ccc(O[C@H]3CO[C@H]4[C@@H]3OC[C@@H]4O)c(Cl)c2)c2ccccc2n(Cc2ccccc2)c1=O. The molecule has 0 amide bonds. The Balaban J connectivity index is 1.31. The number of rotatable bonds is 6. The summed E-state index contributed by atoms with van der Waals surface area (Å²) in [5.41, 5.74) is 2.33. The lowest BCUT2D eigenvalue weighted by Gasteiger charge is -2.20. The molecule has 4 aromatic rings. The zero-order valence-electron chi connectivity index (χ0n) is 20.2. The van der Waals surface area contributed by atoms with E-state index >= 15 is 0 Å². The third kappa shape index (κ3) is 4.40. The number of benzene rings is 3. The van der Waals surface area contributed by atoms with Gasteiger partial charge >= 0.3 is 0 Å². The van der Waals surface area contributed by atoms with Gasteiger partial charge in [-0.1, -0.05) is 60.1 Å². The summed E-state index contributed by atoms with van der Waals surface area (Å²) >= 11 is 6.56. The number of para-hydroxylation sites is 1. The first-order valence-electron chi connectivity index (χ1n) is 12.3. The van der Waals surface area contributed by atoms with Gasteiger partial charge < -0.3 is 29.2 Å². The number of nitrogens with zero attached hydrogens (tertiary/aromatic N) is 2. The van der Waals surface area contributed by atoms with Gasteiger partial charge in [-0.15, -0.1) is 0 Å². The summed E-state index contributed by atoms with van der Waals surface area (Å²) in [7, 11) is 0. The second kappa shape index (κ2) is 10.1. The van der Waals surface area contributed by atoms with Crippen LogP contribution >= 0.6 is 11.6 Å². The van der Waals surface area contributed by atoms with Crippen LogP contribution in [0.1, 0.15) is 11.1 Å². The second-order valence-corrected chi connectivity index (χ2v) is 9.75. The van der Waals surface area contributed by atoms with E-state index in [4.69, 9.17) is 25.8 Å². The molecule has 0 unspecified atom stereocenters. The van der Waals surface area contributed by atoms with Gasteiger partial charge in [0.2, 0.25) is 0 Å². The molecule has 6 rings (SSSR count). The summed E-state index contributed by atoms with van der Waals surface area (Å²) < 4.78 is 18.9. The van der Waals surface area contributed by atoms with E-state index in [0.29, 0.717) is 40.8 Å². The average Bonchev–Trinajstić information content (AvgIpc) is 3.51. The van der Waals surface area contributed by atoms with Gasteiger partial charge in [0.1, 0.15) is 35.7 Å². The van der Waals surface area contributed by atoms with Gasteiger partial charge in [0, 0.05) is 11.1 Å². The van der Waals surface area contributed by atoms with E-state index in [9.17, 15) is 15.2 Å². The van der Waals surface area contributed by atoms with Gasteiger partial charge in [-0.3, -0.25) is 4.79 Å². The second-order valence-electron chi connectivity index (χ2n) is 9.35. The van der Waals surface area contributed by atoms with Gasteiger partial charge in [0.05, 0.1) is 36.0 Å². The van der Waals surface area contributed by atoms with E-state index in [1.807, 2.05) is 54.6 Å². The fourth-order valence-electron chi connectivity index (χ4n) is 5.09. The zero-order valence-corrected chi connectivity index (χ0v) is 21.0. The summed E-state index contributed by atoms with van der Waals surface area (Å²) in [6.45, 7) is 0.852. The minimum atomic E-state index is -0.664. The normalized spacial score (nSPS) is 22.2. The Bertz CT molecular complexity index is 1600. The molecule has 3 heterocycles. The van der Waals surface area contributed by atoms with Crippen LogP contribution in [0.25, 0.3) is 10.9 Å². The number of hydrogen-bond acceptors (Lipinski definition) is 7. The summed E-state index contributed by atoms with van der Waals surface area (Å²) in [6, 6.07) is 24.4. The highest BCUT2D eigenvalue weighted by Crippen LogP contribution is 2.35. The average molecular weight is 530 g/mol. The molecule has 2 N–H and O–H groups in total. The van der Waals surface area contributed by atoms with E-state index in [1.54, 1.807) is 22.8 Å². The highest BCUT2D eigenvalue weighted by Gasteiger charge is 2.48. The molecule has 0 aliphatic carbocycles. The molecule has 2 aliphatic rings. The third-order valence-electron chi connectivity index (χ3n) is 6.93. The van der Waals surface area contributed by atoms with Crippen molar-refractivity contribution in [3.8, 4) is 11.8 Å². The molecule has 0 saturated carbocycles. The molecule has 38 heavy (non-hydrogen) atoms. The summed E-state index contributed by atoms with van der Waals surface area (Å²) in [5.74, 6) is 0.445. The van der Waals surface area contributed by atoms with E-state index in [1.165, 1.54) is 0 Å². The molecule has 0 radical (unpaired) electrons. The fraction of sp³-hybridized carbons (Fsp3) is 0.241. The Morgan fingerprint density at radius 3 is 2.61 bits per heavy atom. The standard InChI is InChI=1S/C29H24ClN3O5/c30-21-12-18(10-11-24(21)38-25-16-37-27-23(34)15-36-28(25)27)32-26-19-8-4-5-9-22(19)33(29(35)20(26)13-31)14-17-6-2-1-3-7-17/h1-12,23,25,27-28,32,34H,14-16H2/t23-,25-,27+,28+/m0/s1. The van der Waals surface area contributed by atoms with Crippen LogP contribution < -0.4 is 15.6 Å². The number of aliphatic hydroxyl groups is 1. The molecular weight excluding hydrogens is 506 g/mol. The van der Waals surface area contributed by atoms with Gasteiger partial charge in [0.15, 0.2) is 6.10 Å². The van der Waals surface area contributed by atoms with Crippen LogP contribution in [0.3, 0.4) is 0 Å². The van der Waals surface area contributed by atoms with Crippen molar-refractivity contribution in [1.82, 2.24) is 4.57 Å². The van der Waals surface area contributed by atoms with E-state index < -0.39 is 12.2 Å². The number of hydrogen-bond donors (Lipinski definition) is 2. The molecule has 9 heteroatoms. The Labute approximate surface area is 223 Å². The van der Waals surface area contributed by atoms with Crippen LogP contribution in [-0.4, -0.2) is 47.3 Å². The van der Waals surface area contributed by atoms with Crippen LogP contribution in [0, 0.1) is 11.3 Å². The lowest BCUT2D eigenvalue weighted by Crippen LogP contribution is -2.34. The molecule has 3 aromatic carbocycles. The van der Waals surface area contributed by atoms with Crippen LogP contribution in [0.4, 0.5) is 11.4 Å². The van der Waals surface area contributed by atoms with Crippen molar-refractivity contribution in [3.05, 3.63) is 99.3 Å². The predicted molar refractivity (Wildman–Crippen MR) is 143 cm³/mol. The molecule has 0 spiro atoms. The number of aliphatic hydroxyl groups excluding tert-OH is 1. The van der Waals surface area contributed by atoms with Crippen molar-refractivity contribution in [1.29, 1.82) is 5.26 Å². The van der Waals surface area contributed by atoms with Crippen LogP contribution in [-0.2, 0) is 16.0 Å². The minimum Gasteiger partial charge on any atom is -0.484 e. The quantitative estimate of drug-likeness (QED) is 0.385. The Morgan fingerprint density at radius 1 is 1.05 bits per heavy atom. The Kier molecular flexibility index (Phi) is 6.52. The van der Waals surface area contributed by atoms with Crippen molar-refractivity contribution >= 4 is 33.9 Å². The zero-order chi connectivity index (χ0) is 26.2. The van der Waals surface area contributed by atoms with Crippen molar-refractivity contribution in [2.75, 3.05) is 18.5 Å². The van der Waals surface area contributed by atoms with Gasteiger partial charge in [-0.05, 0) is 29.8 Å². The smallest absolute Gasteiger partial charge is 0.271 e. The lowest BCUT2D eigenvalue weighted by atomic mass is 10.1. The van der Waals surface area contributed by atoms with E-state index in [0.717, 1.165) is 10.9 Å². The summed E-state index contributed by atoms with van der Waals surface area (Å²) in [5, 5.41) is 24.3. The maximum absolute atomic E-state index is 13.5. The maximum atomic E-state index is 13.5. The molecule has 2 fully saturated rings. The first-order valence-corrected chi connectivity index (χ1v) is 12.7. The number of nitriles is 1. The molecular formula is C29H24ClN3O5. The number of pyridine rings is 1. The first kappa shape index (κ1) is 24.5. The number of aromatic nitrogens is 1. The Morgan fingerprint density at radius 2 is 1.82 bits per heavy atom. The maximum Gasteiger partial charge on any atom is 0.271 e. The molecule has 1 aromatic heterocycles. The summed E-state index contributed by atoms with van der Waals surface area (Å²) in [6.07, 6.45) is -1.81. The molecule has 2 aliphatic heterocycles. The molecule has 2 saturated heterocycles. The highest BCUT2D eigenvalue weighted by molar-refractivity contribution is 6.32. The summed E-state index contributed by atoms with van der Waals surface area (Å²) in [4.78, 5) is 13.5. The van der Waals surface area contributed by atoms with E-state index in [-0.39, 0.29) is 29.9 Å². The molecule has 192 valence electrons. The highest BCUT2D eigenvalue weighted by atomic mass is 35.5. The van der Waals surface area contributed by atoms with Gasteiger partial charge in [-0.25, -0.2) is 0 Å².